The fourth-order valence-electron chi connectivity index (χ4n) is 3.20. The topological polar surface area (TPSA) is 93.5 Å². The van der Waals surface area contributed by atoms with Crippen LogP contribution in [0.15, 0.2) is 42.5 Å². The van der Waals surface area contributed by atoms with Crippen LogP contribution in [0.5, 0.6) is 0 Å². The smallest absolute Gasteiger partial charge is 0.319 e. The van der Waals surface area contributed by atoms with Crippen molar-refractivity contribution in [2.75, 3.05) is 19.6 Å². The molecule has 1 atom stereocenters. The van der Waals surface area contributed by atoms with Gasteiger partial charge in [-0.25, -0.2) is 4.79 Å². The maximum Gasteiger partial charge on any atom is 0.325 e. The molecule has 140 valence electrons. The number of nitriles is 1. The Morgan fingerprint density at radius 3 is 2.61 bits per heavy atom. The van der Waals surface area contributed by atoms with E-state index in [1.54, 1.807) is 13.0 Å². The highest BCUT2D eigenvalue weighted by molar-refractivity contribution is 6.09. The summed E-state index contributed by atoms with van der Waals surface area (Å²) in [6, 6.07) is 14.4. The number of amides is 4. The predicted octanol–water partition coefficient (Wildman–Crippen LogP) is 1.59. The third-order valence-corrected chi connectivity index (χ3v) is 4.79. The number of hydrogen-bond donors (Lipinski definition) is 1. The number of fused-ring (bicyclic) bond motifs is 1. The van der Waals surface area contributed by atoms with E-state index in [0.717, 1.165) is 20.6 Å². The van der Waals surface area contributed by atoms with Gasteiger partial charge in [-0.2, -0.15) is 5.26 Å². The summed E-state index contributed by atoms with van der Waals surface area (Å²) in [6.07, 6.45) is 5.21. The van der Waals surface area contributed by atoms with Crippen LogP contribution in [0.2, 0.25) is 0 Å². The van der Waals surface area contributed by atoms with Crippen LogP contribution < -0.4 is 5.32 Å². The number of rotatable bonds is 5. The number of urea groups is 1. The van der Waals surface area contributed by atoms with Gasteiger partial charge in [0.05, 0.1) is 12.6 Å². The van der Waals surface area contributed by atoms with Gasteiger partial charge in [-0.05, 0) is 29.3 Å². The molecule has 1 saturated heterocycles. The zero-order valence-corrected chi connectivity index (χ0v) is 15.3. The first-order valence-electron chi connectivity index (χ1n) is 8.62. The van der Waals surface area contributed by atoms with E-state index in [1.807, 2.05) is 42.5 Å². The minimum Gasteiger partial charge on any atom is -0.319 e. The first-order chi connectivity index (χ1) is 13.4. The van der Waals surface area contributed by atoms with Crippen LogP contribution in [0.4, 0.5) is 4.79 Å². The number of imide groups is 1. The SMILES string of the molecule is C#CCN(CC#N)C(=O)CN1C(=O)N[C@](C)(c2ccc3ccccc3c2)C1=O. The summed E-state index contributed by atoms with van der Waals surface area (Å²) < 4.78 is 0. The molecule has 1 heterocycles. The monoisotopic (exact) mass is 374 g/mol. The Hall–Kier alpha value is -3.84. The average molecular weight is 374 g/mol. The van der Waals surface area contributed by atoms with Gasteiger partial charge in [0.2, 0.25) is 5.91 Å². The van der Waals surface area contributed by atoms with E-state index in [-0.39, 0.29) is 13.1 Å². The lowest BCUT2D eigenvalue weighted by Crippen LogP contribution is -2.44. The van der Waals surface area contributed by atoms with Gasteiger partial charge in [0.25, 0.3) is 5.91 Å². The molecule has 1 N–H and O–H groups in total. The van der Waals surface area contributed by atoms with E-state index in [0.29, 0.717) is 5.56 Å². The average Bonchev–Trinajstić information content (AvgIpc) is 2.91. The molecule has 0 spiro atoms. The maximum atomic E-state index is 13.0. The molecule has 7 nitrogen and oxygen atoms in total. The summed E-state index contributed by atoms with van der Waals surface area (Å²) in [6.45, 7) is 0.847. The molecule has 2 aromatic carbocycles. The van der Waals surface area contributed by atoms with Crippen LogP contribution in [0.3, 0.4) is 0 Å². The lowest BCUT2D eigenvalue weighted by Gasteiger charge is -2.23. The largest absolute Gasteiger partial charge is 0.325 e. The van der Waals surface area contributed by atoms with Gasteiger partial charge in [0, 0.05) is 0 Å². The summed E-state index contributed by atoms with van der Waals surface area (Å²) in [5.74, 6) is 1.20. The molecule has 1 aliphatic heterocycles. The normalized spacial score (nSPS) is 18.5. The Labute approximate surface area is 162 Å². The Kier molecular flexibility index (Phi) is 5.02. The summed E-state index contributed by atoms with van der Waals surface area (Å²) in [5.41, 5.74) is -0.662. The number of nitrogens with zero attached hydrogens (tertiary/aromatic N) is 3. The van der Waals surface area contributed by atoms with Gasteiger partial charge in [-0.15, -0.1) is 6.42 Å². The van der Waals surface area contributed by atoms with Gasteiger partial charge < -0.3 is 10.2 Å². The van der Waals surface area contributed by atoms with Crippen LogP contribution in [0.1, 0.15) is 12.5 Å². The van der Waals surface area contributed by atoms with Crippen LogP contribution in [0.25, 0.3) is 10.8 Å². The van der Waals surface area contributed by atoms with E-state index in [1.165, 1.54) is 0 Å². The lowest BCUT2D eigenvalue weighted by atomic mass is 9.90. The van der Waals surface area contributed by atoms with Crippen molar-refractivity contribution >= 4 is 28.6 Å². The minimum atomic E-state index is -1.28. The summed E-state index contributed by atoms with van der Waals surface area (Å²) >= 11 is 0. The maximum absolute atomic E-state index is 13.0. The van der Waals surface area contributed by atoms with Crippen molar-refractivity contribution in [2.45, 2.75) is 12.5 Å². The third kappa shape index (κ3) is 3.26. The predicted molar refractivity (Wildman–Crippen MR) is 103 cm³/mol. The molecule has 28 heavy (non-hydrogen) atoms. The van der Waals surface area contributed by atoms with Gasteiger partial charge in [-0.1, -0.05) is 42.3 Å². The van der Waals surface area contributed by atoms with Crippen LogP contribution in [-0.2, 0) is 15.1 Å². The molecular weight excluding hydrogens is 356 g/mol. The van der Waals surface area contributed by atoms with E-state index in [4.69, 9.17) is 11.7 Å². The molecular formula is C21H18N4O3. The molecule has 0 saturated carbocycles. The molecule has 0 radical (unpaired) electrons. The van der Waals surface area contributed by atoms with Gasteiger partial charge >= 0.3 is 6.03 Å². The van der Waals surface area contributed by atoms with E-state index < -0.39 is 29.9 Å². The van der Waals surface area contributed by atoms with Crippen molar-refractivity contribution in [2.24, 2.45) is 0 Å². The van der Waals surface area contributed by atoms with Crippen LogP contribution in [0, 0.1) is 23.7 Å². The molecule has 4 amide bonds. The standard InChI is InChI=1S/C21H18N4O3/c1-3-11-24(12-10-22)18(26)14-25-19(27)21(2,23-20(25)28)17-9-8-15-6-4-5-7-16(15)13-17/h1,4-9,13H,11-12,14H2,2H3,(H,23,28)/t21-/m1/s1. The van der Waals surface area contributed by atoms with Gasteiger partial charge in [0.1, 0.15) is 18.6 Å². The second-order valence-electron chi connectivity index (χ2n) is 6.62. The summed E-state index contributed by atoms with van der Waals surface area (Å²) in [4.78, 5) is 39.8. The Morgan fingerprint density at radius 1 is 1.21 bits per heavy atom. The molecule has 0 aromatic heterocycles. The Balaban J connectivity index is 1.86. The zero-order valence-electron chi connectivity index (χ0n) is 15.3. The van der Waals surface area contributed by atoms with E-state index in [9.17, 15) is 14.4 Å². The zero-order chi connectivity index (χ0) is 20.3. The van der Waals surface area contributed by atoms with Crippen molar-refractivity contribution in [3.05, 3.63) is 48.0 Å². The molecule has 2 aromatic rings. The highest BCUT2D eigenvalue weighted by atomic mass is 16.2. The van der Waals surface area contributed by atoms with Crippen molar-refractivity contribution < 1.29 is 14.4 Å². The number of benzene rings is 2. The first kappa shape index (κ1) is 18.9. The third-order valence-electron chi connectivity index (χ3n) is 4.79. The number of carbonyl (C=O) groups is 3. The first-order valence-corrected chi connectivity index (χ1v) is 8.62. The molecule has 3 rings (SSSR count). The Bertz CT molecular complexity index is 1030. The molecule has 0 unspecified atom stereocenters. The molecule has 0 bridgehead atoms. The van der Waals surface area contributed by atoms with Crippen molar-refractivity contribution in [1.82, 2.24) is 15.1 Å². The summed E-state index contributed by atoms with van der Waals surface area (Å²) in [5, 5.41) is 13.5. The van der Waals surface area contributed by atoms with Crippen LogP contribution in [-0.4, -0.2) is 47.3 Å². The molecule has 0 aliphatic carbocycles. The number of hydrogen-bond acceptors (Lipinski definition) is 4. The van der Waals surface area contributed by atoms with E-state index >= 15 is 0 Å². The van der Waals surface area contributed by atoms with Gasteiger partial charge in [0.15, 0.2) is 0 Å². The second-order valence-corrected chi connectivity index (χ2v) is 6.62. The molecule has 1 fully saturated rings. The molecule has 7 heteroatoms. The van der Waals surface area contributed by atoms with Crippen LogP contribution >= 0.6 is 0 Å². The number of terminal acetylenes is 1. The minimum absolute atomic E-state index is 0.0714. The quantitative estimate of drug-likeness (QED) is 0.489. The van der Waals surface area contributed by atoms with Gasteiger partial charge in [-0.3, -0.25) is 14.5 Å². The van der Waals surface area contributed by atoms with E-state index in [2.05, 4.69) is 11.2 Å². The fraction of sp³-hybridized carbons (Fsp3) is 0.238. The highest BCUT2D eigenvalue weighted by Crippen LogP contribution is 2.31. The van der Waals surface area contributed by atoms with Crippen molar-refractivity contribution in [3.63, 3.8) is 0 Å². The van der Waals surface area contributed by atoms with Crippen molar-refractivity contribution in [1.29, 1.82) is 5.26 Å². The lowest BCUT2D eigenvalue weighted by molar-refractivity contribution is -0.138. The Morgan fingerprint density at radius 2 is 1.93 bits per heavy atom. The summed E-state index contributed by atoms with van der Waals surface area (Å²) in [7, 11) is 0. The second kappa shape index (κ2) is 7.42. The van der Waals surface area contributed by atoms with Crippen molar-refractivity contribution in [3.8, 4) is 18.4 Å². The number of carbonyl (C=O) groups excluding carboxylic acids is 3. The molecule has 1 aliphatic rings. The highest BCUT2D eigenvalue weighted by Gasteiger charge is 2.49. The fourth-order valence-corrected chi connectivity index (χ4v) is 3.20. The number of nitrogens with one attached hydrogen (secondary N) is 1.